The molecule has 0 radical (unpaired) electrons. The van der Waals surface area contributed by atoms with Gasteiger partial charge in [0.25, 0.3) is 0 Å². The summed E-state index contributed by atoms with van der Waals surface area (Å²) in [6.45, 7) is 6.67. The largest absolute Gasteiger partial charge is 0.384 e. The van der Waals surface area contributed by atoms with E-state index in [2.05, 4.69) is 47.7 Å². The zero-order valence-corrected chi connectivity index (χ0v) is 14.7. The summed E-state index contributed by atoms with van der Waals surface area (Å²) in [5.74, 6) is 1.64. The molecule has 1 heterocycles. The molecular weight excluding hydrogens is 294 g/mol. The molecule has 122 valence electrons. The van der Waals surface area contributed by atoms with Crippen LogP contribution in [0.25, 0.3) is 0 Å². The van der Waals surface area contributed by atoms with Crippen LogP contribution in [0.1, 0.15) is 18.9 Å². The summed E-state index contributed by atoms with van der Waals surface area (Å²) in [6.07, 6.45) is 3.28. The summed E-state index contributed by atoms with van der Waals surface area (Å²) in [6, 6.07) is 8.65. The molecule has 1 aliphatic heterocycles. The minimum absolute atomic E-state index is 0.620. The molecule has 1 fully saturated rings. The molecule has 5 heteroatoms. The molecule has 1 saturated heterocycles. The van der Waals surface area contributed by atoms with Gasteiger partial charge in [-0.3, -0.25) is 0 Å². The first kappa shape index (κ1) is 17.2. The Kier molecular flexibility index (Phi) is 7.06. The van der Waals surface area contributed by atoms with Crippen molar-refractivity contribution in [2.75, 3.05) is 39.6 Å². The molecule has 0 saturated carbocycles. The quantitative estimate of drug-likeness (QED) is 0.497. The topological polar surface area (TPSA) is 36.9 Å². The van der Waals surface area contributed by atoms with Gasteiger partial charge in [0.05, 0.1) is 13.2 Å². The average Bonchev–Trinajstić information content (AvgIpc) is 3.01. The molecule has 0 amide bonds. The number of rotatable bonds is 6. The molecule has 0 spiro atoms. The van der Waals surface area contributed by atoms with E-state index in [0.717, 1.165) is 38.7 Å². The average molecular weight is 321 g/mol. The van der Waals surface area contributed by atoms with Crippen LogP contribution in [0.2, 0.25) is 0 Å². The third kappa shape index (κ3) is 4.92. The minimum atomic E-state index is 0.620. The van der Waals surface area contributed by atoms with Crippen molar-refractivity contribution in [1.29, 1.82) is 0 Å². The number of hydrogen-bond acceptors (Lipinski definition) is 3. The number of benzene rings is 1. The summed E-state index contributed by atoms with van der Waals surface area (Å²) >= 11 is 1.77. The Morgan fingerprint density at radius 2 is 2.18 bits per heavy atom. The number of thioether (sulfide) groups is 1. The van der Waals surface area contributed by atoms with Gasteiger partial charge in [0.2, 0.25) is 0 Å². The highest BCUT2D eigenvalue weighted by Gasteiger charge is 2.24. The molecule has 1 aliphatic rings. The van der Waals surface area contributed by atoms with Gasteiger partial charge < -0.3 is 15.0 Å². The van der Waals surface area contributed by atoms with Crippen LogP contribution in [-0.2, 0) is 11.3 Å². The van der Waals surface area contributed by atoms with Crippen LogP contribution >= 0.6 is 11.8 Å². The molecule has 0 bridgehead atoms. The molecule has 1 aromatic carbocycles. The Hall–Kier alpha value is -1.20. The second-order valence-corrected chi connectivity index (χ2v) is 6.45. The maximum atomic E-state index is 5.28. The van der Waals surface area contributed by atoms with Gasteiger partial charge in [0.1, 0.15) is 0 Å². The van der Waals surface area contributed by atoms with E-state index in [-0.39, 0.29) is 0 Å². The zero-order valence-electron chi connectivity index (χ0n) is 13.8. The van der Waals surface area contributed by atoms with E-state index in [0.29, 0.717) is 5.92 Å². The van der Waals surface area contributed by atoms with Crippen molar-refractivity contribution < 1.29 is 4.74 Å². The van der Waals surface area contributed by atoms with Crippen molar-refractivity contribution in [3.8, 4) is 0 Å². The molecule has 2 rings (SSSR count). The summed E-state index contributed by atoms with van der Waals surface area (Å²) in [5, 5.41) is 3.41. The third-order valence-corrected chi connectivity index (χ3v) is 4.64. The lowest BCUT2D eigenvalue weighted by atomic mass is 10.1. The highest BCUT2D eigenvalue weighted by molar-refractivity contribution is 7.98. The van der Waals surface area contributed by atoms with Gasteiger partial charge in [0.15, 0.2) is 5.96 Å². The highest BCUT2D eigenvalue weighted by atomic mass is 32.2. The van der Waals surface area contributed by atoms with Gasteiger partial charge in [-0.1, -0.05) is 12.1 Å². The lowest BCUT2D eigenvalue weighted by Crippen LogP contribution is -2.40. The Labute approximate surface area is 138 Å². The van der Waals surface area contributed by atoms with E-state index in [4.69, 9.17) is 9.73 Å². The number of likely N-dealkylation sites (tertiary alicyclic amines) is 1. The van der Waals surface area contributed by atoms with Crippen molar-refractivity contribution in [2.45, 2.75) is 24.8 Å². The van der Waals surface area contributed by atoms with Crippen LogP contribution in [0.4, 0.5) is 0 Å². The van der Waals surface area contributed by atoms with E-state index in [1.807, 2.05) is 0 Å². The molecular formula is C17H27N3OS. The number of methoxy groups -OCH3 is 1. The minimum Gasteiger partial charge on any atom is -0.384 e. The summed E-state index contributed by atoms with van der Waals surface area (Å²) in [7, 11) is 1.78. The van der Waals surface area contributed by atoms with E-state index in [1.165, 1.54) is 16.9 Å². The van der Waals surface area contributed by atoms with Gasteiger partial charge >= 0.3 is 0 Å². The highest BCUT2D eigenvalue weighted by Crippen LogP contribution is 2.18. The Balaban J connectivity index is 1.97. The monoisotopic (exact) mass is 321 g/mol. The van der Waals surface area contributed by atoms with E-state index >= 15 is 0 Å². The predicted molar refractivity (Wildman–Crippen MR) is 94.6 cm³/mol. The first-order valence-electron chi connectivity index (χ1n) is 7.92. The van der Waals surface area contributed by atoms with Gasteiger partial charge in [-0.05, 0) is 37.3 Å². The van der Waals surface area contributed by atoms with Crippen LogP contribution in [0.5, 0.6) is 0 Å². The smallest absolute Gasteiger partial charge is 0.194 e. The van der Waals surface area contributed by atoms with E-state index < -0.39 is 0 Å². The summed E-state index contributed by atoms with van der Waals surface area (Å²) in [4.78, 5) is 8.44. The molecule has 22 heavy (non-hydrogen) atoms. The van der Waals surface area contributed by atoms with Crippen LogP contribution in [-0.4, -0.2) is 50.5 Å². The fourth-order valence-corrected chi connectivity index (χ4v) is 3.13. The van der Waals surface area contributed by atoms with E-state index in [9.17, 15) is 0 Å². The fourth-order valence-electron chi connectivity index (χ4n) is 2.72. The lowest BCUT2D eigenvalue weighted by molar-refractivity contribution is 0.157. The number of hydrogen-bond donors (Lipinski definition) is 1. The molecule has 1 atom stereocenters. The number of aliphatic imine (C=N–C) groups is 1. The zero-order chi connectivity index (χ0) is 15.8. The number of ether oxygens (including phenoxy) is 1. The second-order valence-electron chi connectivity index (χ2n) is 5.57. The molecule has 1 unspecified atom stereocenters. The lowest BCUT2D eigenvalue weighted by Gasteiger charge is -2.21. The van der Waals surface area contributed by atoms with Crippen molar-refractivity contribution in [2.24, 2.45) is 10.9 Å². The fraction of sp³-hybridized carbons (Fsp3) is 0.588. The van der Waals surface area contributed by atoms with Gasteiger partial charge in [-0.25, -0.2) is 4.99 Å². The standard InChI is InChI=1S/C17H27N3OS/c1-4-18-17(20-10-9-15(12-20)13-21-2)19-11-14-5-7-16(22-3)8-6-14/h5-8,15H,4,9-13H2,1-3H3,(H,18,19). The Bertz CT molecular complexity index is 475. The van der Waals surface area contributed by atoms with Crippen molar-refractivity contribution >= 4 is 17.7 Å². The van der Waals surface area contributed by atoms with Crippen LogP contribution in [0.15, 0.2) is 34.2 Å². The second kappa shape index (κ2) is 9.06. The normalized spacial score (nSPS) is 18.8. The third-order valence-electron chi connectivity index (χ3n) is 3.89. The Morgan fingerprint density at radius 3 is 2.82 bits per heavy atom. The molecule has 0 aliphatic carbocycles. The molecule has 4 nitrogen and oxygen atoms in total. The first-order chi connectivity index (χ1) is 10.8. The molecule has 0 aromatic heterocycles. The summed E-state index contributed by atoms with van der Waals surface area (Å²) < 4.78 is 5.28. The summed E-state index contributed by atoms with van der Waals surface area (Å²) in [5.41, 5.74) is 1.25. The Morgan fingerprint density at radius 1 is 1.41 bits per heavy atom. The van der Waals surface area contributed by atoms with Crippen molar-refractivity contribution in [1.82, 2.24) is 10.2 Å². The van der Waals surface area contributed by atoms with E-state index in [1.54, 1.807) is 18.9 Å². The molecule has 1 aromatic rings. The SMILES string of the molecule is CCNC(=NCc1ccc(SC)cc1)N1CCC(COC)C1. The van der Waals surface area contributed by atoms with Crippen LogP contribution in [0.3, 0.4) is 0 Å². The van der Waals surface area contributed by atoms with Gasteiger partial charge in [-0.2, -0.15) is 0 Å². The van der Waals surface area contributed by atoms with Gasteiger partial charge in [-0.15, -0.1) is 11.8 Å². The van der Waals surface area contributed by atoms with Gasteiger partial charge in [0, 0.05) is 37.6 Å². The maximum absolute atomic E-state index is 5.28. The first-order valence-corrected chi connectivity index (χ1v) is 9.14. The number of nitrogens with zero attached hydrogens (tertiary/aromatic N) is 2. The van der Waals surface area contributed by atoms with Crippen molar-refractivity contribution in [3.05, 3.63) is 29.8 Å². The van der Waals surface area contributed by atoms with Crippen molar-refractivity contribution in [3.63, 3.8) is 0 Å². The van der Waals surface area contributed by atoms with Crippen LogP contribution < -0.4 is 5.32 Å². The number of guanidine groups is 1. The number of nitrogens with one attached hydrogen (secondary N) is 1. The maximum Gasteiger partial charge on any atom is 0.194 e. The van der Waals surface area contributed by atoms with Crippen LogP contribution in [0, 0.1) is 5.92 Å². The molecule has 1 N–H and O–H groups in total. The predicted octanol–water partition coefficient (Wildman–Crippen LogP) is 2.84.